The minimum Gasteiger partial charge on any atom is -0.454 e. The van der Waals surface area contributed by atoms with E-state index in [-0.39, 0.29) is 5.41 Å². The van der Waals surface area contributed by atoms with Crippen molar-refractivity contribution in [3.05, 3.63) is 71.8 Å². The Labute approximate surface area is 180 Å². The highest BCUT2D eigenvalue weighted by atomic mass is 127. The molecule has 2 nitrogen and oxygen atoms in total. The largest absolute Gasteiger partial charge is 0.454 e. The fraction of sp³-hybridized carbons (Fsp3) is 0.217. The van der Waals surface area contributed by atoms with Gasteiger partial charge in [0.25, 0.3) is 0 Å². The van der Waals surface area contributed by atoms with Crippen molar-refractivity contribution < 1.29 is 17.6 Å². The molecule has 4 aromatic rings. The lowest BCUT2D eigenvalue weighted by Crippen LogP contribution is -2.10. The first-order valence-corrected chi connectivity index (χ1v) is 10.1. The molecule has 0 spiro atoms. The van der Waals surface area contributed by atoms with Gasteiger partial charge in [0, 0.05) is 16.3 Å². The number of furan rings is 1. The lowest BCUT2D eigenvalue weighted by atomic mass is 9.86. The Kier molecular flexibility index (Phi) is 4.80. The van der Waals surface area contributed by atoms with Gasteiger partial charge in [0.05, 0.1) is 39.8 Å². The number of halogens is 4. The van der Waals surface area contributed by atoms with Crippen molar-refractivity contribution in [2.45, 2.75) is 32.4 Å². The average Bonchev–Trinajstić information content (AvgIpc) is 3.04. The second-order valence-corrected chi connectivity index (χ2v) is 8.98. The highest BCUT2D eigenvalue weighted by Gasteiger charge is 2.30. The summed E-state index contributed by atoms with van der Waals surface area (Å²) in [6.45, 7) is 6.42. The summed E-state index contributed by atoms with van der Waals surface area (Å²) >= 11 is 2.10. The SMILES string of the molecule is CC(C)(C)c1cccc2c1oc1c(N(I)c3ccc(C(F)(F)F)cc3)cccc12. The molecule has 0 aliphatic carbocycles. The molecule has 0 N–H and O–H groups in total. The molecule has 0 aliphatic heterocycles. The van der Waals surface area contributed by atoms with E-state index >= 15 is 0 Å². The van der Waals surface area contributed by atoms with Crippen LogP contribution in [-0.4, -0.2) is 0 Å². The van der Waals surface area contributed by atoms with Crippen LogP contribution in [0.4, 0.5) is 24.5 Å². The Hall–Kier alpha value is -2.22. The van der Waals surface area contributed by atoms with E-state index in [4.69, 9.17) is 4.42 Å². The van der Waals surface area contributed by atoms with Gasteiger partial charge in [0.2, 0.25) is 0 Å². The van der Waals surface area contributed by atoms with Crippen LogP contribution in [0.1, 0.15) is 31.9 Å². The van der Waals surface area contributed by atoms with Crippen LogP contribution in [0.3, 0.4) is 0 Å². The molecule has 6 heteroatoms. The maximum Gasteiger partial charge on any atom is 0.416 e. The van der Waals surface area contributed by atoms with Crippen LogP contribution in [0.25, 0.3) is 21.9 Å². The number of anilines is 2. The zero-order chi connectivity index (χ0) is 21.0. The molecule has 150 valence electrons. The fourth-order valence-electron chi connectivity index (χ4n) is 3.47. The third-order valence-corrected chi connectivity index (χ3v) is 6.02. The van der Waals surface area contributed by atoms with Gasteiger partial charge < -0.3 is 4.42 Å². The molecule has 29 heavy (non-hydrogen) atoms. The van der Waals surface area contributed by atoms with E-state index in [1.54, 1.807) is 0 Å². The van der Waals surface area contributed by atoms with Crippen LogP contribution in [0.5, 0.6) is 0 Å². The summed E-state index contributed by atoms with van der Waals surface area (Å²) in [5.74, 6) is 0. The molecule has 0 atom stereocenters. The predicted octanol–water partition coefficient (Wildman–Crippen LogP) is 8.39. The lowest BCUT2D eigenvalue weighted by Gasteiger charge is -2.19. The van der Waals surface area contributed by atoms with Crippen molar-refractivity contribution >= 4 is 56.2 Å². The van der Waals surface area contributed by atoms with Gasteiger partial charge in [0.1, 0.15) is 5.58 Å². The second-order valence-electron chi connectivity index (χ2n) is 8.01. The van der Waals surface area contributed by atoms with Crippen molar-refractivity contribution in [2.75, 3.05) is 3.11 Å². The van der Waals surface area contributed by atoms with Crippen LogP contribution >= 0.6 is 22.9 Å². The van der Waals surface area contributed by atoms with E-state index in [1.165, 1.54) is 12.1 Å². The molecule has 0 bridgehead atoms. The first-order valence-electron chi connectivity index (χ1n) is 9.15. The minimum atomic E-state index is -4.35. The van der Waals surface area contributed by atoms with Crippen molar-refractivity contribution in [2.24, 2.45) is 0 Å². The molecule has 0 radical (unpaired) electrons. The van der Waals surface area contributed by atoms with Gasteiger partial charge in [-0.2, -0.15) is 13.2 Å². The molecule has 0 saturated heterocycles. The Bertz CT molecular complexity index is 1190. The molecule has 4 rings (SSSR count). The van der Waals surface area contributed by atoms with Gasteiger partial charge >= 0.3 is 6.18 Å². The standard InChI is InChI=1S/C23H19F3INO/c1-22(2,3)18-8-4-6-16-17-7-5-9-19(21(17)29-20(16)18)28(27)15-12-10-14(11-13-15)23(24,25)26/h4-13H,1-3H3. The van der Waals surface area contributed by atoms with E-state index < -0.39 is 11.7 Å². The molecular formula is C23H19F3INO. The maximum absolute atomic E-state index is 12.9. The second kappa shape index (κ2) is 6.93. The Morgan fingerprint density at radius 3 is 1.97 bits per heavy atom. The van der Waals surface area contributed by atoms with Crippen LogP contribution < -0.4 is 3.11 Å². The Balaban J connectivity index is 1.86. The molecule has 3 aromatic carbocycles. The van der Waals surface area contributed by atoms with E-state index in [0.717, 1.165) is 39.7 Å². The first-order chi connectivity index (χ1) is 13.6. The lowest BCUT2D eigenvalue weighted by molar-refractivity contribution is -0.137. The third kappa shape index (κ3) is 3.58. The van der Waals surface area contributed by atoms with Crippen molar-refractivity contribution in [3.8, 4) is 0 Å². The molecule has 0 unspecified atom stereocenters. The number of fused-ring (bicyclic) bond motifs is 3. The van der Waals surface area contributed by atoms with Crippen LogP contribution in [0, 0.1) is 0 Å². The van der Waals surface area contributed by atoms with Crippen LogP contribution in [-0.2, 0) is 11.6 Å². The normalized spacial score (nSPS) is 12.7. The Morgan fingerprint density at radius 2 is 1.38 bits per heavy atom. The summed E-state index contributed by atoms with van der Waals surface area (Å²) in [5, 5.41) is 2.02. The summed E-state index contributed by atoms with van der Waals surface area (Å²) in [4.78, 5) is 0. The van der Waals surface area contributed by atoms with Gasteiger partial charge in [-0.05, 0) is 35.7 Å². The number of hydrogen-bond acceptors (Lipinski definition) is 2. The van der Waals surface area contributed by atoms with Gasteiger partial charge in [0.15, 0.2) is 5.58 Å². The van der Waals surface area contributed by atoms with Crippen molar-refractivity contribution in [3.63, 3.8) is 0 Å². The summed E-state index contributed by atoms with van der Waals surface area (Å²) in [5.41, 5.74) is 3.37. The summed E-state index contributed by atoms with van der Waals surface area (Å²) < 4.78 is 46.8. The highest BCUT2D eigenvalue weighted by molar-refractivity contribution is 14.1. The molecule has 0 fully saturated rings. The van der Waals surface area contributed by atoms with Crippen LogP contribution in [0.15, 0.2) is 65.1 Å². The monoisotopic (exact) mass is 509 g/mol. The van der Waals surface area contributed by atoms with E-state index in [0.29, 0.717) is 11.3 Å². The number of nitrogens with zero attached hydrogens (tertiary/aromatic N) is 1. The van der Waals surface area contributed by atoms with Gasteiger partial charge in [-0.1, -0.05) is 51.1 Å². The summed E-state index contributed by atoms with van der Waals surface area (Å²) in [6, 6.07) is 17.1. The molecule has 1 aromatic heterocycles. The minimum absolute atomic E-state index is 0.0784. The fourth-order valence-corrected chi connectivity index (χ4v) is 4.17. The third-order valence-electron chi connectivity index (χ3n) is 4.94. The van der Waals surface area contributed by atoms with Gasteiger partial charge in [-0.3, -0.25) is 3.11 Å². The maximum atomic E-state index is 12.9. The van der Waals surface area contributed by atoms with Crippen molar-refractivity contribution in [1.29, 1.82) is 0 Å². The molecule has 1 heterocycles. The number of hydrogen-bond donors (Lipinski definition) is 0. The highest BCUT2D eigenvalue weighted by Crippen LogP contribution is 2.42. The summed E-state index contributed by atoms with van der Waals surface area (Å²) in [7, 11) is 0. The zero-order valence-electron chi connectivity index (χ0n) is 16.1. The summed E-state index contributed by atoms with van der Waals surface area (Å²) in [6.07, 6.45) is -4.35. The predicted molar refractivity (Wildman–Crippen MR) is 120 cm³/mol. The van der Waals surface area contributed by atoms with Gasteiger partial charge in [-0.15, -0.1) is 0 Å². The molecule has 0 amide bonds. The van der Waals surface area contributed by atoms with Crippen LogP contribution in [0.2, 0.25) is 0 Å². The number of alkyl halides is 3. The number of benzene rings is 3. The zero-order valence-corrected chi connectivity index (χ0v) is 18.3. The quantitative estimate of drug-likeness (QED) is 0.199. The average molecular weight is 509 g/mol. The molecular weight excluding hydrogens is 490 g/mol. The van der Waals surface area contributed by atoms with Crippen molar-refractivity contribution in [1.82, 2.24) is 0 Å². The van der Waals surface area contributed by atoms with Gasteiger partial charge in [-0.25, -0.2) is 0 Å². The smallest absolute Gasteiger partial charge is 0.416 e. The number of rotatable bonds is 2. The number of para-hydroxylation sites is 2. The topological polar surface area (TPSA) is 16.4 Å². The first kappa shape index (κ1) is 20.1. The Morgan fingerprint density at radius 1 is 0.793 bits per heavy atom. The van der Waals surface area contributed by atoms with E-state index in [1.807, 2.05) is 33.4 Å². The van der Waals surface area contributed by atoms with E-state index in [2.05, 4.69) is 49.7 Å². The molecule has 0 saturated carbocycles. The molecule has 0 aliphatic rings. The van der Waals surface area contributed by atoms with E-state index in [9.17, 15) is 13.2 Å².